The smallest absolute Gasteiger partial charge is 0.184 e. The summed E-state index contributed by atoms with van der Waals surface area (Å²) in [6, 6.07) is 10.2. The number of thiazole rings is 1. The third-order valence-corrected chi connectivity index (χ3v) is 3.76. The van der Waals surface area contributed by atoms with Crippen molar-refractivity contribution in [1.82, 2.24) is 9.97 Å². The summed E-state index contributed by atoms with van der Waals surface area (Å²) in [6.07, 6.45) is 1.90. The van der Waals surface area contributed by atoms with Gasteiger partial charge in [-0.2, -0.15) is 5.26 Å². The lowest BCUT2D eigenvalue weighted by atomic mass is 10.1. The summed E-state index contributed by atoms with van der Waals surface area (Å²) in [5, 5.41) is 14.0. The second-order valence-corrected chi connectivity index (χ2v) is 4.81. The van der Waals surface area contributed by atoms with Crippen LogP contribution < -0.4 is 5.32 Å². The van der Waals surface area contributed by atoms with Crippen molar-refractivity contribution >= 4 is 27.4 Å². The number of nitriles is 1. The van der Waals surface area contributed by atoms with E-state index in [1.807, 2.05) is 30.5 Å². The minimum Gasteiger partial charge on any atom is -0.365 e. The molecule has 0 bridgehead atoms. The molecule has 0 aliphatic rings. The van der Waals surface area contributed by atoms with Crippen molar-refractivity contribution in [3.05, 3.63) is 35.3 Å². The van der Waals surface area contributed by atoms with E-state index in [0.29, 0.717) is 4.88 Å². The second-order valence-electron chi connectivity index (χ2n) is 3.81. The van der Waals surface area contributed by atoms with E-state index in [1.165, 1.54) is 11.3 Å². The van der Waals surface area contributed by atoms with Crippen LogP contribution in [0.2, 0.25) is 0 Å². The van der Waals surface area contributed by atoms with E-state index in [9.17, 15) is 5.26 Å². The highest BCUT2D eigenvalue weighted by atomic mass is 32.1. The normalized spacial score (nSPS) is 10.4. The fraction of sp³-hybridized carbons (Fsp3) is 0.0769. The Morgan fingerprint density at radius 1 is 1.39 bits per heavy atom. The van der Waals surface area contributed by atoms with Crippen molar-refractivity contribution in [2.45, 2.75) is 0 Å². The molecule has 0 spiro atoms. The molecule has 0 fully saturated rings. The predicted octanol–water partition coefficient (Wildman–Crippen LogP) is 3.20. The Balaban J connectivity index is 2.26. The van der Waals surface area contributed by atoms with Crippen LogP contribution in [0, 0.1) is 11.3 Å². The number of aromatic nitrogens is 2. The largest absolute Gasteiger partial charge is 0.365 e. The lowest BCUT2D eigenvalue weighted by Gasteiger charge is -1.94. The number of para-hydroxylation sites is 1. The van der Waals surface area contributed by atoms with Crippen LogP contribution in [0.1, 0.15) is 4.88 Å². The van der Waals surface area contributed by atoms with Crippen LogP contribution >= 0.6 is 11.3 Å². The van der Waals surface area contributed by atoms with Gasteiger partial charge in [-0.1, -0.05) is 29.5 Å². The Kier molecular flexibility index (Phi) is 2.50. The zero-order chi connectivity index (χ0) is 12.5. The third-order valence-electron chi connectivity index (χ3n) is 2.79. The van der Waals surface area contributed by atoms with E-state index >= 15 is 0 Å². The first-order valence-corrected chi connectivity index (χ1v) is 6.30. The number of fused-ring (bicyclic) bond motifs is 1. The molecule has 4 nitrogen and oxygen atoms in total. The van der Waals surface area contributed by atoms with Gasteiger partial charge in [0, 0.05) is 29.7 Å². The summed E-state index contributed by atoms with van der Waals surface area (Å²) in [6.45, 7) is 0. The Labute approximate surface area is 108 Å². The van der Waals surface area contributed by atoms with Gasteiger partial charge in [0.15, 0.2) is 5.13 Å². The molecule has 18 heavy (non-hydrogen) atoms. The van der Waals surface area contributed by atoms with Gasteiger partial charge in [0.05, 0.1) is 0 Å². The molecule has 0 saturated carbocycles. The predicted molar refractivity (Wildman–Crippen MR) is 73.7 cm³/mol. The third kappa shape index (κ3) is 1.55. The summed E-state index contributed by atoms with van der Waals surface area (Å²) < 4.78 is 0. The number of rotatable bonds is 2. The number of anilines is 1. The second kappa shape index (κ2) is 4.17. The number of hydrogen-bond donors (Lipinski definition) is 2. The molecule has 0 saturated heterocycles. The molecule has 2 N–H and O–H groups in total. The van der Waals surface area contributed by atoms with Gasteiger partial charge in [-0.3, -0.25) is 0 Å². The van der Waals surface area contributed by atoms with Gasteiger partial charge in [0.1, 0.15) is 16.6 Å². The molecule has 2 aromatic heterocycles. The number of hydrogen-bond acceptors (Lipinski definition) is 4. The van der Waals surface area contributed by atoms with E-state index in [2.05, 4.69) is 21.4 Å². The van der Waals surface area contributed by atoms with E-state index in [1.54, 1.807) is 7.05 Å². The van der Waals surface area contributed by atoms with E-state index in [4.69, 9.17) is 0 Å². The summed E-state index contributed by atoms with van der Waals surface area (Å²) in [7, 11) is 1.80. The molecule has 3 aromatic rings. The fourth-order valence-electron chi connectivity index (χ4n) is 1.95. The maximum Gasteiger partial charge on any atom is 0.184 e. The molecule has 0 atom stereocenters. The summed E-state index contributed by atoms with van der Waals surface area (Å²) in [5.74, 6) is 0. The van der Waals surface area contributed by atoms with E-state index < -0.39 is 0 Å². The molecule has 0 amide bonds. The van der Waals surface area contributed by atoms with Crippen molar-refractivity contribution in [2.75, 3.05) is 12.4 Å². The number of aromatic amines is 1. The van der Waals surface area contributed by atoms with Crippen LogP contribution in [-0.4, -0.2) is 17.0 Å². The first-order valence-electron chi connectivity index (χ1n) is 5.48. The lowest BCUT2D eigenvalue weighted by Crippen LogP contribution is -1.85. The number of nitrogens with one attached hydrogen (secondary N) is 2. The van der Waals surface area contributed by atoms with Gasteiger partial charge in [0.2, 0.25) is 0 Å². The Hall–Kier alpha value is -2.32. The minimum atomic E-state index is 0.629. The summed E-state index contributed by atoms with van der Waals surface area (Å²) in [5.41, 5.74) is 2.76. The Morgan fingerprint density at radius 3 is 3.00 bits per heavy atom. The highest BCUT2D eigenvalue weighted by Crippen LogP contribution is 2.34. The van der Waals surface area contributed by atoms with Crippen LogP contribution in [0.25, 0.3) is 22.2 Å². The molecule has 0 radical (unpaired) electrons. The first kappa shape index (κ1) is 10.8. The van der Waals surface area contributed by atoms with Crippen molar-refractivity contribution in [3.63, 3.8) is 0 Å². The lowest BCUT2D eigenvalue weighted by molar-refractivity contribution is 1.35. The molecule has 3 rings (SSSR count). The van der Waals surface area contributed by atoms with Gasteiger partial charge in [-0.05, 0) is 6.07 Å². The first-order chi connectivity index (χ1) is 8.83. The van der Waals surface area contributed by atoms with Gasteiger partial charge < -0.3 is 10.3 Å². The average molecular weight is 254 g/mol. The SMILES string of the molecule is CNc1nc(-c2c[nH]c3ccccc23)c(C#N)s1. The standard InChI is InChI=1S/C13H10N4S/c1-15-13-17-12(11(6-14)18-13)9-7-16-10-5-3-2-4-8(9)10/h2-5,7,16H,1H3,(H,15,17). The van der Waals surface area contributed by atoms with Crippen LogP contribution in [0.4, 0.5) is 5.13 Å². The van der Waals surface area contributed by atoms with Gasteiger partial charge in [-0.15, -0.1) is 0 Å². The summed E-state index contributed by atoms with van der Waals surface area (Å²) in [4.78, 5) is 8.29. The number of benzene rings is 1. The quantitative estimate of drug-likeness (QED) is 0.738. The monoisotopic (exact) mass is 254 g/mol. The van der Waals surface area contributed by atoms with E-state index in [-0.39, 0.29) is 0 Å². The molecule has 1 aromatic carbocycles. The maximum atomic E-state index is 9.18. The zero-order valence-corrected chi connectivity index (χ0v) is 10.5. The van der Waals surface area contributed by atoms with Crippen molar-refractivity contribution in [1.29, 1.82) is 5.26 Å². The van der Waals surface area contributed by atoms with Gasteiger partial charge >= 0.3 is 0 Å². The van der Waals surface area contributed by atoms with Crippen molar-refractivity contribution in [3.8, 4) is 17.3 Å². The molecule has 2 heterocycles. The van der Waals surface area contributed by atoms with Gasteiger partial charge in [-0.25, -0.2) is 4.98 Å². The average Bonchev–Trinajstić information content (AvgIpc) is 3.01. The highest BCUT2D eigenvalue weighted by Gasteiger charge is 2.15. The van der Waals surface area contributed by atoms with Crippen LogP contribution in [0.3, 0.4) is 0 Å². The van der Waals surface area contributed by atoms with Gasteiger partial charge in [0.25, 0.3) is 0 Å². The van der Waals surface area contributed by atoms with Crippen molar-refractivity contribution < 1.29 is 0 Å². The summed E-state index contributed by atoms with van der Waals surface area (Å²) >= 11 is 1.37. The molecule has 5 heteroatoms. The molecular formula is C13H10N4S. The fourth-order valence-corrected chi connectivity index (χ4v) is 2.68. The highest BCUT2D eigenvalue weighted by molar-refractivity contribution is 7.16. The van der Waals surface area contributed by atoms with Crippen molar-refractivity contribution in [2.24, 2.45) is 0 Å². The molecule has 88 valence electrons. The topological polar surface area (TPSA) is 64.5 Å². The van der Waals surface area contributed by atoms with Crippen LogP contribution in [0.15, 0.2) is 30.5 Å². The maximum absolute atomic E-state index is 9.18. The molecule has 0 aliphatic heterocycles. The molecular weight excluding hydrogens is 244 g/mol. The van der Waals surface area contributed by atoms with E-state index in [0.717, 1.165) is 27.3 Å². The molecule has 0 aliphatic carbocycles. The minimum absolute atomic E-state index is 0.629. The Morgan fingerprint density at radius 2 is 2.22 bits per heavy atom. The Bertz CT molecular complexity index is 748. The number of nitrogens with zero attached hydrogens (tertiary/aromatic N) is 2. The number of H-pyrrole nitrogens is 1. The van der Waals surface area contributed by atoms with Crippen LogP contribution in [0.5, 0.6) is 0 Å². The molecule has 0 unspecified atom stereocenters. The zero-order valence-electron chi connectivity index (χ0n) is 9.69. The van der Waals surface area contributed by atoms with Crippen LogP contribution in [-0.2, 0) is 0 Å².